The van der Waals surface area contributed by atoms with Crippen molar-refractivity contribution in [3.05, 3.63) is 23.8 Å². The van der Waals surface area contributed by atoms with E-state index in [2.05, 4.69) is 27.4 Å². The molecule has 5 atom stereocenters. The van der Waals surface area contributed by atoms with Crippen LogP contribution in [0.1, 0.15) is 52.9 Å². The van der Waals surface area contributed by atoms with Crippen molar-refractivity contribution in [1.29, 1.82) is 0 Å². The summed E-state index contributed by atoms with van der Waals surface area (Å²) in [7, 11) is 1.42. The highest BCUT2D eigenvalue weighted by Gasteiger charge is 2.55. The molecule has 3 rings (SSSR count). The number of esters is 1. The van der Waals surface area contributed by atoms with E-state index in [0.717, 1.165) is 32.1 Å². The van der Waals surface area contributed by atoms with E-state index in [4.69, 9.17) is 9.47 Å². The lowest BCUT2D eigenvalue weighted by molar-refractivity contribution is -0.136. The van der Waals surface area contributed by atoms with Crippen molar-refractivity contribution in [2.75, 3.05) is 13.7 Å². The Morgan fingerprint density at radius 2 is 2.08 bits per heavy atom. The number of fused-ring (bicyclic) bond motifs is 1. The first kappa shape index (κ1) is 18.7. The summed E-state index contributed by atoms with van der Waals surface area (Å²) in [6.07, 6.45) is 6.41. The lowest BCUT2D eigenvalue weighted by Gasteiger charge is -2.59. The zero-order chi connectivity index (χ0) is 18.4. The molecule has 0 radical (unpaired) electrons. The number of hydrogen-bond acceptors (Lipinski definition) is 4. The van der Waals surface area contributed by atoms with Gasteiger partial charge in [-0.15, -0.1) is 0 Å². The Balaban J connectivity index is 1.86. The van der Waals surface area contributed by atoms with Crippen LogP contribution in [0.15, 0.2) is 23.8 Å². The van der Waals surface area contributed by atoms with Crippen LogP contribution >= 0.6 is 0 Å². The Bertz CT molecular complexity index is 587. The number of aliphatic hydroxyl groups is 1. The topological polar surface area (TPSA) is 59.1 Å². The number of carbonyl (C=O) groups excluding carboxylic acids is 1. The Kier molecular flexibility index (Phi) is 4.89. The predicted octanol–water partition coefficient (Wildman–Crippen LogP) is 3.64. The van der Waals surface area contributed by atoms with Crippen LogP contribution in [0.5, 0.6) is 0 Å². The quantitative estimate of drug-likeness (QED) is 0.365. The summed E-state index contributed by atoms with van der Waals surface area (Å²) >= 11 is 0. The minimum absolute atomic E-state index is 0.0829. The molecule has 0 aromatic rings. The van der Waals surface area contributed by atoms with Crippen LogP contribution in [0.25, 0.3) is 0 Å². The van der Waals surface area contributed by atoms with Gasteiger partial charge in [0, 0.05) is 0 Å². The van der Waals surface area contributed by atoms with Crippen molar-refractivity contribution in [2.45, 2.75) is 65.1 Å². The van der Waals surface area contributed by atoms with E-state index in [1.54, 1.807) is 0 Å². The van der Waals surface area contributed by atoms with Crippen LogP contribution in [0.2, 0.25) is 0 Å². The zero-order valence-corrected chi connectivity index (χ0v) is 16.0. The molecule has 3 fully saturated rings. The lowest BCUT2D eigenvalue weighted by Crippen LogP contribution is -2.54. The van der Waals surface area contributed by atoms with Gasteiger partial charge in [-0.1, -0.05) is 39.0 Å². The molecule has 4 nitrogen and oxygen atoms in total. The molecule has 1 aliphatic heterocycles. The second-order valence-electron chi connectivity index (χ2n) is 8.89. The lowest BCUT2D eigenvalue weighted by atomic mass is 9.46. The normalized spacial score (nSPS) is 40.4. The summed E-state index contributed by atoms with van der Waals surface area (Å²) in [6.45, 7) is 11.7. The highest BCUT2D eigenvalue weighted by molar-refractivity contribution is 5.90. The molecular weight excluding hydrogens is 316 g/mol. The fourth-order valence-corrected chi connectivity index (χ4v) is 5.54. The van der Waals surface area contributed by atoms with Crippen molar-refractivity contribution in [1.82, 2.24) is 0 Å². The summed E-state index contributed by atoms with van der Waals surface area (Å²) in [6, 6.07) is 0. The van der Waals surface area contributed by atoms with Gasteiger partial charge in [-0.2, -0.15) is 0 Å². The first-order chi connectivity index (χ1) is 11.7. The standard InChI is InChI=1S/C21H32O4/c1-13-6-9-17-20(2,3)18(22)10-11-21(17,4)15(13)8-7-14(16-12-25-16)19(23)24-5/h7,15-18,22H,1,6,8-12H2,2-5H3. The van der Waals surface area contributed by atoms with Gasteiger partial charge in [0.15, 0.2) is 0 Å². The maximum absolute atomic E-state index is 12.0. The highest BCUT2D eigenvalue weighted by atomic mass is 16.6. The maximum Gasteiger partial charge on any atom is 0.336 e. The fourth-order valence-electron chi connectivity index (χ4n) is 5.54. The summed E-state index contributed by atoms with van der Waals surface area (Å²) in [5.41, 5.74) is 1.96. The summed E-state index contributed by atoms with van der Waals surface area (Å²) in [5.74, 6) is 0.507. The summed E-state index contributed by atoms with van der Waals surface area (Å²) in [4.78, 5) is 12.0. The van der Waals surface area contributed by atoms with Crippen LogP contribution in [-0.2, 0) is 14.3 Å². The van der Waals surface area contributed by atoms with E-state index < -0.39 is 0 Å². The van der Waals surface area contributed by atoms with E-state index in [1.807, 2.05) is 6.08 Å². The van der Waals surface area contributed by atoms with Crippen molar-refractivity contribution < 1.29 is 19.4 Å². The minimum atomic E-state index is -0.287. The molecule has 4 heteroatoms. The van der Waals surface area contributed by atoms with E-state index in [0.29, 0.717) is 24.0 Å². The number of aliphatic hydroxyl groups excluding tert-OH is 1. The Hall–Kier alpha value is -1.13. The van der Waals surface area contributed by atoms with Crippen molar-refractivity contribution in [3.8, 4) is 0 Å². The summed E-state index contributed by atoms with van der Waals surface area (Å²) in [5, 5.41) is 10.5. The van der Waals surface area contributed by atoms with Gasteiger partial charge >= 0.3 is 5.97 Å². The van der Waals surface area contributed by atoms with Gasteiger partial charge in [-0.3, -0.25) is 0 Å². The molecule has 5 unspecified atom stereocenters. The van der Waals surface area contributed by atoms with Crippen LogP contribution in [-0.4, -0.2) is 37.0 Å². The molecular formula is C21H32O4. The molecule has 1 N–H and O–H groups in total. The molecule has 0 aromatic carbocycles. The van der Waals surface area contributed by atoms with Gasteiger partial charge in [0.2, 0.25) is 0 Å². The molecule has 0 aromatic heterocycles. The second kappa shape index (κ2) is 6.55. The Morgan fingerprint density at radius 1 is 1.40 bits per heavy atom. The monoisotopic (exact) mass is 348 g/mol. The Morgan fingerprint density at radius 3 is 2.68 bits per heavy atom. The molecule has 140 valence electrons. The van der Waals surface area contributed by atoms with Gasteiger partial charge in [-0.25, -0.2) is 4.79 Å². The number of carbonyl (C=O) groups is 1. The molecule has 0 amide bonds. The summed E-state index contributed by atoms with van der Waals surface area (Å²) < 4.78 is 10.2. The molecule has 0 bridgehead atoms. The third kappa shape index (κ3) is 3.19. The van der Waals surface area contributed by atoms with E-state index in [-0.39, 0.29) is 29.0 Å². The van der Waals surface area contributed by atoms with Gasteiger partial charge in [0.05, 0.1) is 25.4 Å². The number of methoxy groups -OCH3 is 1. The molecule has 25 heavy (non-hydrogen) atoms. The smallest absolute Gasteiger partial charge is 0.336 e. The second-order valence-corrected chi connectivity index (χ2v) is 8.89. The average Bonchev–Trinajstić information content (AvgIpc) is 3.38. The SMILES string of the molecule is C=C1CCC2C(C)(C)C(O)CCC2(C)C1CC=C(C(=O)OC)C1CO1. The zero-order valence-electron chi connectivity index (χ0n) is 16.0. The van der Waals surface area contributed by atoms with Crippen LogP contribution in [0.3, 0.4) is 0 Å². The molecule has 1 heterocycles. The average molecular weight is 348 g/mol. The molecule has 1 saturated heterocycles. The first-order valence-corrected chi connectivity index (χ1v) is 9.47. The number of ether oxygens (including phenoxy) is 2. The predicted molar refractivity (Wildman–Crippen MR) is 96.9 cm³/mol. The first-order valence-electron chi connectivity index (χ1n) is 9.47. The van der Waals surface area contributed by atoms with Crippen LogP contribution in [0.4, 0.5) is 0 Å². The minimum Gasteiger partial charge on any atom is -0.466 e. The van der Waals surface area contributed by atoms with Crippen molar-refractivity contribution in [3.63, 3.8) is 0 Å². The number of hydrogen-bond donors (Lipinski definition) is 1. The third-order valence-electron chi connectivity index (χ3n) is 7.23. The highest BCUT2D eigenvalue weighted by Crippen LogP contribution is 2.61. The molecule has 3 aliphatic rings. The number of allylic oxidation sites excluding steroid dienone is 2. The Labute approximate surface area is 151 Å². The van der Waals surface area contributed by atoms with E-state index in [9.17, 15) is 9.90 Å². The molecule has 2 aliphatic carbocycles. The van der Waals surface area contributed by atoms with Gasteiger partial charge in [0.25, 0.3) is 0 Å². The van der Waals surface area contributed by atoms with Crippen LogP contribution < -0.4 is 0 Å². The van der Waals surface area contributed by atoms with Gasteiger partial charge < -0.3 is 14.6 Å². The van der Waals surface area contributed by atoms with Crippen molar-refractivity contribution in [2.24, 2.45) is 22.7 Å². The largest absolute Gasteiger partial charge is 0.466 e. The number of rotatable bonds is 4. The molecule has 2 saturated carbocycles. The van der Waals surface area contributed by atoms with E-state index >= 15 is 0 Å². The maximum atomic E-state index is 12.0. The van der Waals surface area contributed by atoms with Gasteiger partial charge in [0.1, 0.15) is 6.10 Å². The van der Waals surface area contributed by atoms with Gasteiger partial charge in [-0.05, 0) is 54.8 Å². The van der Waals surface area contributed by atoms with Crippen LogP contribution in [0, 0.1) is 22.7 Å². The van der Waals surface area contributed by atoms with E-state index in [1.165, 1.54) is 12.7 Å². The third-order valence-corrected chi connectivity index (χ3v) is 7.23. The van der Waals surface area contributed by atoms with Crippen molar-refractivity contribution >= 4 is 5.97 Å². The number of epoxide rings is 1. The fraction of sp³-hybridized carbons (Fsp3) is 0.762. The molecule has 0 spiro atoms.